The van der Waals surface area contributed by atoms with E-state index >= 15 is 0 Å². The van der Waals surface area contributed by atoms with Crippen LogP contribution in [0, 0.1) is 16.1 Å². The molecule has 0 spiro atoms. The number of nitrogens with zero attached hydrogens (tertiary/aromatic N) is 2. The summed E-state index contributed by atoms with van der Waals surface area (Å²) in [5.74, 6) is -0.0119. The Balaban J connectivity index is 2.66. The Hall–Kier alpha value is -2.10. The molecular formula is C21H31N5O4S2. The van der Waals surface area contributed by atoms with Crippen LogP contribution in [-0.2, 0) is 9.92 Å². The van der Waals surface area contributed by atoms with Gasteiger partial charge in [-0.25, -0.2) is 18.9 Å². The molecule has 32 heavy (non-hydrogen) atoms. The number of nitriles is 1. The molecule has 176 valence electrons. The smallest absolute Gasteiger partial charge is 0.327 e. The van der Waals surface area contributed by atoms with E-state index < -0.39 is 33.5 Å². The van der Waals surface area contributed by atoms with Crippen LogP contribution in [0.2, 0.25) is 0 Å². The van der Waals surface area contributed by atoms with E-state index in [4.69, 9.17) is 9.92 Å². The summed E-state index contributed by atoms with van der Waals surface area (Å²) in [5.41, 5.74) is 1.03. The van der Waals surface area contributed by atoms with Gasteiger partial charge in [0.25, 0.3) is 0 Å². The number of benzene rings is 1. The number of anilines is 1. The fourth-order valence-electron chi connectivity index (χ4n) is 3.51. The first-order valence-corrected chi connectivity index (χ1v) is 12.6. The minimum Gasteiger partial charge on any atom is -0.390 e. The Labute approximate surface area is 193 Å². The summed E-state index contributed by atoms with van der Waals surface area (Å²) in [6.45, 7) is 10.1. The lowest BCUT2D eigenvalue weighted by Gasteiger charge is -2.34. The summed E-state index contributed by atoms with van der Waals surface area (Å²) in [7, 11) is -3.73. The number of nitrogens with one attached hydrogen (secondary N) is 2. The van der Waals surface area contributed by atoms with Crippen molar-refractivity contribution in [3.05, 3.63) is 38.8 Å². The van der Waals surface area contributed by atoms with Crippen molar-refractivity contribution >= 4 is 33.4 Å². The third kappa shape index (κ3) is 5.27. The average Bonchev–Trinajstić information content (AvgIpc) is 3.08. The van der Waals surface area contributed by atoms with Gasteiger partial charge in [-0.1, -0.05) is 39.5 Å². The van der Waals surface area contributed by atoms with Gasteiger partial charge in [0.15, 0.2) is 0 Å². The van der Waals surface area contributed by atoms with Gasteiger partial charge in [-0.2, -0.15) is 5.26 Å². The number of aliphatic hydroxyl groups excluding tert-OH is 1. The van der Waals surface area contributed by atoms with Crippen molar-refractivity contribution < 1.29 is 19.2 Å². The summed E-state index contributed by atoms with van der Waals surface area (Å²) in [5, 5.41) is 37.5. The van der Waals surface area contributed by atoms with Gasteiger partial charge in [0.1, 0.15) is 19.5 Å². The van der Waals surface area contributed by atoms with Crippen LogP contribution in [0.1, 0.15) is 70.1 Å². The highest BCUT2D eigenvalue weighted by Gasteiger charge is 2.46. The SMILES string of the molecule is CC(C)c1cc(C#N)cc(C(C)C)c1NC(=O)N1C(CO)=C(S(=N)(N)=O)SC1C(C)(C)O. The number of hydrogen-bond acceptors (Lipinski definition) is 7. The molecule has 0 saturated carbocycles. The van der Waals surface area contributed by atoms with Crippen molar-refractivity contribution in [2.24, 2.45) is 5.14 Å². The van der Waals surface area contributed by atoms with Crippen molar-refractivity contribution in [3.63, 3.8) is 0 Å². The predicted molar refractivity (Wildman–Crippen MR) is 127 cm³/mol. The van der Waals surface area contributed by atoms with Crippen molar-refractivity contribution in [1.82, 2.24) is 4.90 Å². The van der Waals surface area contributed by atoms with Crippen molar-refractivity contribution in [1.29, 1.82) is 10.0 Å². The maximum absolute atomic E-state index is 13.5. The number of carbonyl (C=O) groups is 1. The lowest BCUT2D eigenvalue weighted by molar-refractivity contribution is 0.0417. The number of nitrogens with two attached hydrogens (primary N) is 1. The Morgan fingerprint density at radius 3 is 2.19 bits per heavy atom. The van der Waals surface area contributed by atoms with E-state index in [1.165, 1.54) is 13.8 Å². The third-order valence-corrected chi connectivity index (χ3v) is 8.31. The zero-order valence-electron chi connectivity index (χ0n) is 19.1. The first kappa shape index (κ1) is 26.2. The quantitative estimate of drug-likeness (QED) is 0.417. The maximum Gasteiger partial charge on any atom is 0.327 e. The van der Waals surface area contributed by atoms with E-state index in [0.29, 0.717) is 11.3 Å². The molecule has 2 amide bonds. The second kappa shape index (κ2) is 9.41. The van der Waals surface area contributed by atoms with E-state index in [0.717, 1.165) is 27.8 Å². The van der Waals surface area contributed by atoms with Crippen LogP contribution in [0.15, 0.2) is 22.1 Å². The van der Waals surface area contributed by atoms with Crippen LogP contribution in [0.3, 0.4) is 0 Å². The Bertz CT molecular complexity index is 1050. The summed E-state index contributed by atoms with van der Waals surface area (Å²) in [4.78, 5) is 14.6. The van der Waals surface area contributed by atoms with Crippen LogP contribution in [0.25, 0.3) is 0 Å². The van der Waals surface area contributed by atoms with E-state index in [1.54, 1.807) is 12.1 Å². The molecular weight excluding hydrogens is 450 g/mol. The molecule has 1 aliphatic heterocycles. The number of carbonyl (C=O) groups excluding carboxylic acids is 1. The van der Waals surface area contributed by atoms with E-state index in [9.17, 15) is 24.5 Å². The number of amides is 2. The molecule has 9 nitrogen and oxygen atoms in total. The van der Waals surface area contributed by atoms with Gasteiger partial charge < -0.3 is 15.5 Å². The van der Waals surface area contributed by atoms with Crippen LogP contribution in [0.5, 0.6) is 0 Å². The summed E-state index contributed by atoms with van der Waals surface area (Å²) < 4.78 is 19.9. The first-order chi connectivity index (χ1) is 14.6. The largest absolute Gasteiger partial charge is 0.390 e. The van der Waals surface area contributed by atoms with Gasteiger partial charge in [-0.15, -0.1) is 0 Å². The van der Waals surface area contributed by atoms with Crippen LogP contribution in [0.4, 0.5) is 10.5 Å². The van der Waals surface area contributed by atoms with Gasteiger partial charge in [0.2, 0.25) is 0 Å². The molecule has 11 heteroatoms. The molecule has 0 radical (unpaired) electrons. The monoisotopic (exact) mass is 481 g/mol. The number of thioether (sulfide) groups is 1. The topological polar surface area (TPSA) is 164 Å². The van der Waals surface area contributed by atoms with Gasteiger partial charge in [0, 0.05) is 5.69 Å². The molecule has 2 unspecified atom stereocenters. The minimum absolute atomic E-state index is 0.00596. The predicted octanol–water partition coefficient (Wildman–Crippen LogP) is 3.56. The molecule has 0 aromatic heterocycles. The van der Waals surface area contributed by atoms with Gasteiger partial charge in [0.05, 0.1) is 29.5 Å². The lowest BCUT2D eigenvalue weighted by Crippen LogP contribution is -2.49. The van der Waals surface area contributed by atoms with Gasteiger partial charge in [-0.05, 0) is 48.9 Å². The zero-order chi connectivity index (χ0) is 24.6. The molecule has 0 fully saturated rings. The maximum atomic E-state index is 13.5. The molecule has 1 heterocycles. The number of aliphatic hydroxyl groups is 2. The summed E-state index contributed by atoms with van der Waals surface area (Å²) >= 11 is 0.835. The molecule has 1 aromatic rings. The van der Waals surface area contributed by atoms with Crippen molar-refractivity contribution in [2.75, 3.05) is 11.9 Å². The average molecular weight is 482 g/mol. The Kier molecular flexibility index (Phi) is 7.69. The van der Waals surface area contributed by atoms with Crippen LogP contribution >= 0.6 is 11.8 Å². The highest BCUT2D eigenvalue weighted by atomic mass is 32.3. The molecule has 1 aromatic carbocycles. The second-order valence-corrected chi connectivity index (χ2v) is 11.8. The Morgan fingerprint density at radius 1 is 1.34 bits per heavy atom. The van der Waals surface area contributed by atoms with Crippen molar-refractivity contribution in [2.45, 2.75) is 64.4 Å². The lowest BCUT2D eigenvalue weighted by atomic mass is 9.90. The van der Waals surface area contributed by atoms with Gasteiger partial charge >= 0.3 is 6.03 Å². The third-order valence-electron chi connectivity index (χ3n) is 5.03. The molecule has 0 saturated heterocycles. The van der Waals surface area contributed by atoms with E-state index in [2.05, 4.69) is 11.4 Å². The molecule has 1 aliphatic rings. The molecule has 2 rings (SSSR count). The van der Waals surface area contributed by atoms with E-state index in [1.807, 2.05) is 27.7 Å². The minimum atomic E-state index is -3.73. The van der Waals surface area contributed by atoms with Crippen LogP contribution in [-0.4, -0.2) is 42.9 Å². The number of urea groups is 1. The first-order valence-electron chi connectivity index (χ1n) is 10.1. The second-order valence-electron chi connectivity index (χ2n) is 8.87. The Morgan fingerprint density at radius 2 is 1.84 bits per heavy atom. The number of hydrogen-bond donors (Lipinski definition) is 5. The number of rotatable bonds is 6. The van der Waals surface area contributed by atoms with E-state index in [-0.39, 0.29) is 21.8 Å². The molecule has 0 aliphatic carbocycles. The summed E-state index contributed by atoms with van der Waals surface area (Å²) in [6, 6.07) is 4.94. The molecule has 2 atom stereocenters. The zero-order valence-corrected chi connectivity index (χ0v) is 20.7. The van der Waals surface area contributed by atoms with Gasteiger partial charge in [-0.3, -0.25) is 4.90 Å². The summed E-state index contributed by atoms with van der Waals surface area (Å²) in [6.07, 6.45) is 0. The highest BCUT2D eigenvalue weighted by Crippen LogP contribution is 2.45. The van der Waals surface area contributed by atoms with Crippen molar-refractivity contribution in [3.8, 4) is 6.07 Å². The fourth-order valence-corrected chi connectivity index (χ4v) is 5.99. The normalized spacial score (nSPS) is 18.8. The standard InChI is InChI=1S/C21H31N5O4S2/c1-11(2)14-7-13(9-22)8-15(12(3)4)17(14)25-20(28)26-16(10-27)18(32(23,24)30)31-19(26)21(5,6)29/h7-8,11-12,19,27,29H,10H2,1-6H3,(H,25,28)(H3,23,24,30). The highest BCUT2D eigenvalue weighted by molar-refractivity contribution is 8.18. The fraction of sp³-hybridized carbons (Fsp3) is 0.524. The van der Waals surface area contributed by atoms with Crippen LogP contribution < -0.4 is 10.5 Å². The molecule has 6 N–H and O–H groups in total. The molecule has 0 bridgehead atoms.